The molecule has 2 rings (SSSR count). The summed E-state index contributed by atoms with van der Waals surface area (Å²) in [5.41, 5.74) is 1.37. The summed E-state index contributed by atoms with van der Waals surface area (Å²) in [7, 11) is -3.45. The molecular formula is C13H12N2O2S2. The highest BCUT2D eigenvalue weighted by molar-refractivity contribution is 7.91. The van der Waals surface area contributed by atoms with E-state index in [4.69, 9.17) is 5.26 Å². The van der Waals surface area contributed by atoms with Crippen molar-refractivity contribution in [2.45, 2.75) is 17.7 Å². The van der Waals surface area contributed by atoms with E-state index in [2.05, 4.69) is 4.72 Å². The second kappa shape index (κ2) is 5.53. The van der Waals surface area contributed by atoms with E-state index < -0.39 is 10.0 Å². The first-order valence-corrected chi connectivity index (χ1v) is 7.86. The van der Waals surface area contributed by atoms with Crippen LogP contribution in [0.5, 0.6) is 0 Å². The van der Waals surface area contributed by atoms with Gasteiger partial charge in [0.25, 0.3) is 0 Å². The molecule has 98 valence electrons. The Balaban J connectivity index is 2.07. The van der Waals surface area contributed by atoms with Gasteiger partial charge >= 0.3 is 0 Å². The largest absolute Gasteiger partial charge is 0.250 e. The van der Waals surface area contributed by atoms with E-state index in [1.54, 1.807) is 36.4 Å². The van der Waals surface area contributed by atoms with Crippen LogP contribution in [0.3, 0.4) is 0 Å². The van der Waals surface area contributed by atoms with Crippen LogP contribution in [0.15, 0.2) is 40.6 Å². The molecule has 19 heavy (non-hydrogen) atoms. The molecule has 0 atom stereocenters. The SMILES string of the molecule is Cc1ccc(S(=O)(=O)NCc2ccc(C#N)cc2)s1. The highest BCUT2D eigenvalue weighted by Crippen LogP contribution is 2.20. The van der Waals surface area contributed by atoms with Gasteiger partial charge in [-0.3, -0.25) is 0 Å². The Morgan fingerprint density at radius 1 is 1.21 bits per heavy atom. The molecule has 0 aliphatic rings. The molecule has 0 radical (unpaired) electrons. The van der Waals surface area contributed by atoms with Gasteiger partial charge in [-0.15, -0.1) is 11.3 Å². The Morgan fingerprint density at radius 2 is 1.89 bits per heavy atom. The van der Waals surface area contributed by atoms with Crippen molar-refractivity contribution in [3.05, 3.63) is 52.4 Å². The van der Waals surface area contributed by atoms with Crippen LogP contribution in [-0.2, 0) is 16.6 Å². The maximum atomic E-state index is 12.0. The van der Waals surface area contributed by atoms with Gasteiger partial charge in [-0.2, -0.15) is 5.26 Å². The molecule has 0 spiro atoms. The van der Waals surface area contributed by atoms with Crippen LogP contribution in [-0.4, -0.2) is 8.42 Å². The van der Waals surface area contributed by atoms with Gasteiger partial charge in [0.05, 0.1) is 11.6 Å². The zero-order valence-electron chi connectivity index (χ0n) is 10.3. The molecule has 0 fully saturated rings. The maximum absolute atomic E-state index is 12.0. The smallest absolute Gasteiger partial charge is 0.206 e. The second-order valence-electron chi connectivity index (χ2n) is 4.00. The number of hydrogen-bond donors (Lipinski definition) is 1. The molecule has 2 aromatic rings. The fourth-order valence-corrected chi connectivity index (χ4v) is 3.85. The zero-order valence-corrected chi connectivity index (χ0v) is 11.9. The van der Waals surface area contributed by atoms with E-state index in [-0.39, 0.29) is 6.54 Å². The number of thiophene rings is 1. The van der Waals surface area contributed by atoms with E-state index in [1.165, 1.54) is 11.3 Å². The van der Waals surface area contributed by atoms with Crippen LogP contribution >= 0.6 is 11.3 Å². The van der Waals surface area contributed by atoms with Crippen molar-refractivity contribution in [3.63, 3.8) is 0 Å². The molecule has 1 heterocycles. The zero-order chi connectivity index (χ0) is 13.9. The fourth-order valence-electron chi connectivity index (χ4n) is 1.50. The number of hydrogen-bond acceptors (Lipinski definition) is 4. The molecule has 0 saturated heterocycles. The Kier molecular flexibility index (Phi) is 4.00. The molecule has 1 aromatic heterocycles. The lowest BCUT2D eigenvalue weighted by molar-refractivity contribution is 0.583. The third-order valence-electron chi connectivity index (χ3n) is 2.53. The molecule has 0 unspecified atom stereocenters. The number of rotatable bonds is 4. The van der Waals surface area contributed by atoms with Crippen molar-refractivity contribution in [2.75, 3.05) is 0 Å². The van der Waals surface area contributed by atoms with E-state index in [1.807, 2.05) is 13.0 Å². The van der Waals surface area contributed by atoms with Crippen LogP contribution in [0.1, 0.15) is 16.0 Å². The molecule has 6 heteroatoms. The number of nitriles is 1. The van der Waals surface area contributed by atoms with E-state index >= 15 is 0 Å². The number of benzene rings is 1. The van der Waals surface area contributed by atoms with Gasteiger partial charge in [-0.1, -0.05) is 12.1 Å². The monoisotopic (exact) mass is 292 g/mol. The van der Waals surface area contributed by atoms with Gasteiger partial charge in [0, 0.05) is 11.4 Å². The summed E-state index contributed by atoms with van der Waals surface area (Å²) < 4.78 is 26.8. The van der Waals surface area contributed by atoms with Crippen LogP contribution < -0.4 is 4.72 Å². The summed E-state index contributed by atoms with van der Waals surface area (Å²) >= 11 is 1.24. The summed E-state index contributed by atoms with van der Waals surface area (Å²) in [6.45, 7) is 2.08. The van der Waals surface area contributed by atoms with E-state index in [0.717, 1.165) is 10.4 Å². The topological polar surface area (TPSA) is 70.0 Å². The van der Waals surface area contributed by atoms with Crippen molar-refractivity contribution in [2.24, 2.45) is 0 Å². The first kappa shape index (κ1) is 13.7. The highest BCUT2D eigenvalue weighted by Gasteiger charge is 2.15. The molecule has 1 aromatic carbocycles. The quantitative estimate of drug-likeness (QED) is 0.940. The van der Waals surface area contributed by atoms with Gasteiger partial charge in [-0.25, -0.2) is 13.1 Å². The summed E-state index contributed by atoms with van der Waals surface area (Å²) in [6, 6.07) is 12.2. The lowest BCUT2D eigenvalue weighted by Gasteiger charge is -2.04. The summed E-state index contributed by atoms with van der Waals surface area (Å²) in [5, 5.41) is 8.68. The number of aryl methyl sites for hydroxylation is 1. The minimum Gasteiger partial charge on any atom is -0.206 e. The first-order valence-electron chi connectivity index (χ1n) is 5.56. The second-order valence-corrected chi connectivity index (χ2v) is 7.28. The lowest BCUT2D eigenvalue weighted by atomic mass is 10.1. The summed E-state index contributed by atoms with van der Waals surface area (Å²) in [5.74, 6) is 0. The van der Waals surface area contributed by atoms with Crippen molar-refractivity contribution < 1.29 is 8.42 Å². The van der Waals surface area contributed by atoms with Gasteiger partial charge in [0.1, 0.15) is 4.21 Å². The van der Waals surface area contributed by atoms with Gasteiger partial charge in [0.15, 0.2) is 0 Å². The van der Waals surface area contributed by atoms with Crippen LogP contribution in [0, 0.1) is 18.3 Å². The van der Waals surface area contributed by atoms with Gasteiger partial charge in [-0.05, 0) is 36.8 Å². The Morgan fingerprint density at radius 3 is 2.42 bits per heavy atom. The molecule has 0 bridgehead atoms. The third kappa shape index (κ3) is 3.41. The Labute approximate surface area is 116 Å². The molecule has 0 aliphatic carbocycles. The number of nitrogens with zero attached hydrogens (tertiary/aromatic N) is 1. The number of nitrogens with one attached hydrogen (secondary N) is 1. The molecule has 0 saturated carbocycles. The molecule has 1 N–H and O–H groups in total. The normalized spacial score (nSPS) is 11.2. The van der Waals surface area contributed by atoms with E-state index in [0.29, 0.717) is 9.77 Å². The van der Waals surface area contributed by atoms with Gasteiger partial charge < -0.3 is 0 Å². The third-order valence-corrected chi connectivity index (χ3v) is 5.42. The Bertz CT molecular complexity index is 710. The standard InChI is InChI=1S/C13H12N2O2S2/c1-10-2-7-13(18-10)19(16,17)15-9-12-5-3-11(8-14)4-6-12/h2-7,15H,9H2,1H3. The lowest BCUT2D eigenvalue weighted by Crippen LogP contribution is -2.22. The summed E-state index contributed by atoms with van der Waals surface area (Å²) in [6.07, 6.45) is 0. The van der Waals surface area contributed by atoms with Crippen molar-refractivity contribution in [3.8, 4) is 6.07 Å². The van der Waals surface area contributed by atoms with Crippen molar-refractivity contribution in [1.82, 2.24) is 4.72 Å². The maximum Gasteiger partial charge on any atom is 0.250 e. The molecular weight excluding hydrogens is 280 g/mol. The average Bonchev–Trinajstić information content (AvgIpc) is 2.85. The predicted octanol–water partition coefficient (Wildman–Crippen LogP) is 2.41. The summed E-state index contributed by atoms with van der Waals surface area (Å²) in [4.78, 5) is 0.957. The van der Waals surface area contributed by atoms with Crippen LogP contribution in [0.4, 0.5) is 0 Å². The molecule has 0 aliphatic heterocycles. The van der Waals surface area contributed by atoms with E-state index in [9.17, 15) is 8.42 Å². The minimum atomic E-state index is -3.45. The number of sulfonamides is 1. The highest BCUT2D eigenvalue weighted by atomic mass is 32.2. The van der Waals surface area contributed by atoms with Crippen LogP contribution in [0.2, 0.25) is 0 Å². The Hall–Kier alpha value is -1.68. The minimum absolute atomic E-state index is 0.213. The molecule has 0 amide bonds. The average molecular weight is 292 g/mol. The van der Waals surface area contributed by atoms with Gasteiger partial charge in [0.2, 0.25) is 10.0 Å². The first-order chi connectivity index (χ1) is 9.01. The van der Waals surface area contributed by atoms with Crippen molar-refractivity contribution >= 4 is 21.4 Å². The fraction of sp³-hybridized carbons (Fsp3) is 0.154. The van der Waals surface area contributed by atoms with Crippen LogP contribution in [0.25, 0.3) is 0 Å². The van der Waals surface area contributed by atoms with Crippen molar-refractivity contribution in [1.29, 1.82) is 5.26 Å². The predicted molar refractivity (Wildman–Crippen MR) is 74.2 cm³/mol. The molecule has 4 nitrogen and oxygen atoms in total.